The van der Waals surface area contributed by atoms with Crippen molar-refractivity contribution in [1.29, 1.82) is 0 Å². The fourth-order valence-corrected chi connectivity index (χ4v) is 4.21. The van der Waals surface area contributed by atoms with Gasteiger partial charge in [-0.3, -0.25) is 9.59 Å². The Morgan fingerprint density at radius 2 is 1.85 bits per heavy atom. The van der Waals surface area contributed by atoms with Crippen molar-refractivity contribution in [2.75, 3.05) is 6.54 Å². The van der Waals surface area contributed by atoms with E-state index in [1.165, 1.54) is 0 Å². The number of carbonyl (C=O) groups is 2. The van der Waals surface area contributed by atoms with Gasteiger partial charge in [-0.05, 0) is 38.5 Å². The lowest BCUT2D eigenvalue weighted by molar-refractivity contribution is -0.152. The first kappa shape index (κ1) is 13.9. The minimum atomic E-state index is -0.874. The van der Waals surface area contributed by atoms with Crippen LogP contribution in [0.5, 0.6) is 0 Å². The Kier molecular flexibility index (Phi) is 3.71. The molecule has 0 radical (unpaired) electrons. The van der Waals surface area contributed by atoms with E-state index in [-0.39, 0.29) is 24.2 Å². The fraction of sp³-hybridized carbons (Fsp3) is 0.867. The number of likely N-dealkylation sites (tertiary alicyclic amines) is 1. The predicted octanol–water partition coefficient (Wildman–Crippen LogP) is 1.66. The highest BCUT2D eigenvalue weighted by molar-refractivity contribution is 5.87. The molecule has 3 rings (SSSR count). The molecule has 2 bridgehead atoms. The number of carbonyl (C=O) groups excluding carboxylic acids is 1. The van der Waals surface area contributed by atoms with Gasteiger partial charge in [0.2, 0.25) is 5.91 Å². The molecule has 0 spiro atoms. The Balaban J connectivity index is 1.80. The number of carboxylic acid groups (broad SMARTS) is 1. The first-order valence-corrected chi connectivity index (χ1v) is 7.82. The van der Waals surface area contributed by atoms with Crippen LogP contribution in [0.25, 0.3) is 0 Å². The summed E-state index contributed by atoms with van der Waals surface area (Å²) < 4.78 is 5.71. The van der Waals surface area contributed by atoms with E-state index >= 15 is 0 Å². The molecule has 0 aromatic heterocycles. The molecule has 5 nitrogen and oxygen atoms in total. The number of hydrogen-bond acceptors (Lipinski definition) is 3. The summed E-state index contributed by atoms with van der Waals surface area (Å²) in [6, 6.07) is 0.282. The van der Waals surface area contributed by atoms with Crippen LogP contribution in [-0.2, 0) is 14.3 Å². The highest BCUT2D eigenvalue weighted by Crippen LogP contribution is 2.45. The average Bonchev–Trinajstić information content (AvgIpc) is 3.06. The minimum Gasteiger partial charge on any atom is -0.481 e. The second kappa shape index (κ2) is 5.35. The Morgan fingerprint density at radius 3 is 2.50 bits per heavy atom. The van der Waals surface area contributed by atoms with E-state index in [4.69, 9.17) is 4.74 Å². The smallest absolute Gasteiger partial charge is 0.310 e. The Bertz CT molecular complexity index is 411. The highest BCUT2D eigenvalue weighted by Gasteiger charge is 2.56. The van der Waals surface area contributed by atoms with Crippen molar-refractivity contribution in [1.82, 2.24) is 4.90 Å². The molecular weight excluding hydrogens is 258 g/mol. The average molecular weight is 281 g/mol. The van der Waals surface area contributed by atoms with Gasteiger partial charge in [-0.25, -0.2) is 0 Å². The maximum Gasteiger partial charge on any atom is 0.310 e. The van der Waals surface area contributed by atoms with Crippen LogP contribution in [0.2, 0.25) is 0 Å². The molecule has 0 saturated carbocycles. The van der Waals surface area contributed by atoms with Gasteiger partial charge in [0.15, 0.2) is 0 Å². The van der Waals surface area contributed by atoms with E-state index in [9.17, 15) is 14.7 Å². The van der Waals surface area contributed by atoms with Gasteiger partial charge in [-0.15, -0.1) is 0 Å². The molecule has 20 heavy (non-hydrogen) atoms. The fourth-order valence-electron chi connectivity index (χ4n) is 4.21. The van der Waals surface area contributed by atoms with Crippen LogP contribution in [0.3, 0.4) is 0 Å². The molecule has 112 valence electrons. The van der Waals surface area contributed by atoms with Crippen molar-refractivity contribution in [3.63, 3.8) is 0 Å². The summed E-state index contributed by atoms with van der Waals surface area (Å²) >= 11 is 0. The molecule has 5 heteroatoms. The van der Waals surface area contributed by atoms with Gasteiger partial charge < -0.3 is 14.7 Å². The third-order valence-corrected chi connectivity index (χ3v) is 5.23. The first-order valence-electron chi connectivity index (χ1n) is 7.82. The van der Waals surface area contributed by atoms with Crippen LogP contribution < -0.4 is 0 Å². The summed E-state index contributed by atoms with van der Waals surface area (Å²) in [5, 5.41) is 9.43. The molecule has 3 aliphatic heterocycles. The molecular formula is C15H23NO4. The van der Waals surface area contributed by atoms with E-state index in [2.05, 4.69) is 6.92 Å². The molecule has 3 saturated heterocycles. The zero-order chi connectivity index (χ0) is 14.3. The third-order valence-electron chi connectivity index (χ3n) is 5.23. The van der Waals surface area contributed by atoms with E-state index in [0.29, 0.717) is 0 Å². The van der Waals surface area contributed by atoms with E-state index in [1.807, 2.05) is 4.90 Å². The van der Waals surface area contributed by atoms with Gasteiger partial charge in [0, 0.05) is 12.6 Å². The molecule has 3 fully saturated rings. The highest BCUT2D eigenvalue weighted by atomic mass is 16.5. The summed E-state index contributed by atoms with van der Waals surface area (Å²) in [5.74, 6) is -1.95. The number of piperidine rings is 1. The van der Waals surface area contributed by atoms with Crippen molar-refractivity contribution in [3.8, 4) is 0 Å². The van der Waals surface area contributed by atoms with Crippen molar-refractivity contribution in [2.24, 2.45) is 11.8 Å². The normalized spacial score (nSPS) is 40.0. The Labute approximate surface area is 119 Å². The molecule has 5 atom stereocenters. The molecule has 0 aliphatic carbocycles. The molecule has 0 aromatic rings. The zero-order valence-electron chi connectivity index (χ0n) is 12.0. The van der Waals surface area contributed by atoms with Crippen LogP contribution in [-0.4, -0.2) is 46.7 Å². The number of carboxylic acids is 1. The van der Waals surface area contributed by atoms with Gasteiger partial charge in [-0.2, -0.15) is 0 Å². The van der Waals surface area contributed by atoms with Gasteiger partial charge in [0.05, 0.1) is 24.0 Å². The molecule has 1 N–H and O–H groups in total. The topological polar surface area (TPSA) is 66.8 Å². The van der Waals surface area contributed by atoms with Gasteiger partial charge in [0.1, 0.15) is 0 Å². The molecule has 1 amide bonds. The molecule has 3 aliphatic rings. The summed E-state index contributed by atoms with van der Waals surface area (Å²) in [7, 11) is 0. The second-order valence-corrected chi connectivity index (χ2v) is 6.27. The van der Waals surface area contributed by atoms with E-state index in [1.54, 1.807) is 0 Å². The SMILES string of the molecule is CC[C@@H]1CCCCN1C(=O)[C@@H]1[C@@H](C(=O)O)[C@H]2CC[C@H]1O2. The maximum absolute atomic E-state index is 12.9. The Morgan fingerprint density at radius 1 is 1.15 bits per heavy atom. The summed E-state index contributed by atoms with van der Waals surface area (Å²) in [5.41, 5.74) is 0. The largest absolute Gasteiger partial charge is 0.481 e. The number of nitrogens with zero attached hydrogens (tertiary/aromatic N) is 1. The van der Waals surface area contributed by atoms with Crippen LogP contribution in [0.4, 0.5) is 0 Å². The summed E-state index contributed by atoms with van der Waals surface area (Å²) in [4.78, 5) is 26.3. The molecule has 0 unspecified atom stereocenters. The van der Waals surface area contributed by atoms with Crippen molar-refractivity contribution in [3.05, 3.63) is 0 Å². The number of rotatable bonds is 3. The number of ether oxygens (including phenoxy) is 1. The number of hydrogen-bond donors (Lipinski definition) is 1. The van der Waals surface area contributed by atoms with Gasteiger partial charge >= 0.3 is 5.97 Å². The number of fused-ring (bicyclic) bond motifs is 2. The van der Waals surface area contributed by atoms with Crippen LogP contribution >= 0.6 is 0 Å². The first-order chi connectivity index (χ1) is 9.63. The number of amides is 1. The zero-order valence-corrected chi connectivity index (χ0v) is 12.0. The van der Waals surface area contributed by atoms with Gasteiger partial charge in [0.25, 0.3) is 0 Å². The van der Waals surface area contributed by atoms with E-state index in [0.717, 1.165) is 45.1 Å². The number of aliphatic carboxylic acids is 1. The van der Waals surface area contributed by atoms with Crippen LogP contribution in [0, 0.1) is 11.8 Å². The quantitative estimate of drug-likeness (QED) is 0.854. The lowest BCUT2D eigenvalue weighted by Gasteiger charge is -2.38. The maximum atomic E-state index is 12.9. The van der Waals surface area contributed by atoms with Crippen molar-refractivity contribution in [2.45, 2.75) is 63.7 Å². The van der Waals surface area contributed by atoms with Crippen molar-refractivity contribution < 1.29 is 19.4 Å². The molecule has 0 aromatic carbocycles. The van der Waals surface area contributed by atoms with Crippen LogP contribution in [0.15, 0.2) is 0 Å². The van der Waals surface area contributed by atoms with Gasteiger partial charge in [-0.1, -0.05) is 6.92 Å². The standard InChI is InChI=1S/C15H23NO4/c1-2-9-5-3-4-8-16(9)14(17)12-10-6-7-11(20-10)13(12)15(18)19/h9-13H,2-8H2,1H3,(H,18,19)/t9-,10-,11-,12+,13+/m1/s1. The third kappa shape index (κ3) is 2.12. The lowest BCUT2D eigenvalue weighted by atomic mass is 9.78. The summed E-state index contributed by atoms with van der Waals surface area (Å²) in [6.07, 6.45) is 5.37. The summed E-state index contributed by atoms with van der Waals surface area (Å²) in [6.45, 7) is 2.87. The van der Waals surface area contributed by atoms with Crippen LogP contribution in [0.1, 0.15) is 45.4 Å². The molecule has 3 heterocycles. The van der Waals surface area contributed by atoms with E-state index < -0.39 is 17.8 Å². The second-order valence-electron chi connectivity index (χ2n) is 6.27. The Hall–Kier alpha value is -1.10. The lowest BCUT2D eigenvalue weighted by Crippen LogP contribution is -2.51. The monoisotopic (exact) mass is 281 g/mol. The minimum absolute atomic E-state index is 0.0242. The predicted molar refractivity (Wildman–Crippen MR) is 72.2 cm³/mol. The van der Waals surface area contributed by atoms with Crippen molar-refractivity contribution >= 4 is 11.9 Å².